The van der Waals surface area contributed by atoms with Crippen LogP contribution in [0.5, 0.6) is 0 Å². The van der Waals surface area contributed by atoms with Gasteiger partial charge in [-0.05, 0) is 43.0 Å². The van der Waals surface area contributed by atoms with Crippen LogP contribution in [-0.4, -0.2) is 58.7 Å². The number of aryl methyl sites for hydroxylation is 1. The van der Waals surface area contributed by atoms with E-state index in [4.69, 9.17) is 10.5 Å². The number of likely N-dealkylation sites (tertiary alicyclic amines) is 1. The first-order valence-corrected chi connectivity index (χ1v) is 10.5. The van der Waals surface area contributed by atoms with Crippen LogP contribution in [-0.2, 0) is 16.0 Å². The normalized spacial score (nSPS) is 22.3. The topological polar surface area (TPSA) is 106 Å². The quantitative estimate of drug-likeness (QED) is 0.692. The first kappa shape index (κ1) is 21.9. The van der Waals surface area contributed by atoms with Gasteiger partial charge in [0.15, 0.2) is 0 Å². The highest BCUT2D eigenvalue weighted by Gasteiger charge is 2.42. The van der Waals surface area contributed by atoms with Gasteiger partial charge in [-0.1, -0.05) is 24.0 Å². The smallest absolute Gasteiger partial charge is 0.267 e. The third-order valence-electron chi connectivity index (χ3n) is 5.88. The highest BCUT2D eigenvalue weighted by molar-refractivity contribution is 5.93. The van der Waals surface area contributed by atoms with E-state index >= 15 is 0 Å². The van der Waals surface area contributed by atoms with Crippen LogP contribution >= 0.6 is 0 Å². The van der Waals surface area contributed by atoms with E-state index in [0.29, 0.717) is 36.1 Å². The Morgan fingerprint density at radius 1 is 1.44 bits per heavy atom. The van der Waals surface area contributed by atoms with Crippen molar-refractivity contribution < 1.29 is 23.8 Å². The molecule has 2 atom stereocenters. The van der Waals surface area contributed by atoms with Crippen LogP contribution in [0, 0.1) is 17.7 Å². The van der Waals surface area contributed by atoms with Gasteiger partial charge in [0.2, 0.25) is 5.60 Å². The highest BCUT2D eigenvalue weighted by Crippen LogP contribution is 2.26. The van der Waals surface area contributed by atoms with Crippen LogP contribution in [0.2, 0.25) is 0 Å². The lowest BCUT2D eigenvalue weighted by atomic mass is 9.99. The van der Waals surface area contributed by atoms with Gasteiger partial charge in [-0.3, -0.25) is 9.59 Å². The van der Waals surface area contributed by atoms with E-state index in [0.717, 1.165) is 13.0 Å². The van der Waals surface area contributed by atoms with Gasteiger partial charge >= 0.3 is 0 Å². The fraction of sp³-hybridized carbons (Fsp3) is 0.375. The molecule has 2 fully saturated rings. The largest absolute Gasteiger partial charge is 0.378 e. The number of amides is 2. The SMILES string of the molecule is CN1CC[C@@](O)(C#Cc2cccc(-c3nc(C(N)=O)c(CC[C@@H]4CCO4)cc3F)c2)C1=O. The van der Waals surface area contributed by atoms with Crippen LogP contribution < -0.4 is 5.73 Å². The number of pyridine rings is 1. The molecule has 2 aliphatic rings. The van der Waals surface area contributed by atoms with Crippen molar-refractivity contribution in [1.82, 2.24) is 9.88 Å². The summed E-state index contributed by atoms with van der Waals surface area (Å²) in [5, 5.41) is 10.5. The summed E-state index contributed by atoms with van der Waals surface area (Å²) in [7, 11) is 1.61. The molecule has 0 aliphatic carbocycles. The van der Waals surface area contributed by atoms with Crippen LogP contribution in [0.25, 0.3) is 11.3 Å². The van der Waals surface area contributed by atoms with Crippen LogP contribution in [0.1, 0.15) is 40.9 Å². The molecule has 2 aromatic rings. The predicted molar refractivity (Wildman–Crippen MR) is 115 cm³/mol. The molecular formula is C24H24FN3O4. The zero-order valence-electron chi connectivity index (χ0n) is 17.7. The summed E-state index contributed by atoms with van der Waals surface area (Å²) in [6.07, 6.45) is 2.41. The monoisotopic (exact) mass is 437 g/mol. The number of aromatic nitrogens is 1. The van der Waals surface area contributed by atoms with Gasteiger partial charge in [0.25, 0.3) is 11.8 Å². The van der Waals surface area contributed by atoms with E-state index < -0.39 is 23.2 Å². The number of carbonyl (C=O) groups excluding carboxylic acids is 2. The highest BCUT2D eigenvalue weighted by atomic mass is 19.1. The van der Waals surface area contributed by atoms with Crippen molar-refractivity contribution in [3.05, 3.63) is 53.0 Å². The summed E-state index contributed by atoms with van der Waals surface area (Å²) in [6.45, 7) is 1.15. The second-order valence-corrected chi connectivity index (χ2v) is 8.18. The summed E-state index contributed by atoms with van der Waals surface area (Å²) in [5.41, 5.74) is 5.15. The Morgan fingerprint density at radius 3 is 2.84 bits per heavy atom. The molecule has 0 saturated carbocycles. The van der Waals surface area contributed by atoms with Gasteiger partial charge in [-0.2, -0.15) is 0 Å². The molecule has 8 heteroatoms. The van der Waals surface area contributed by atoms with Gasteiger partial charge in [0, 0.05) is 37.7 Å². The summed E-state index contributed by atoms with van der Waals surface area (Å²) >= 11 is 0. The van der Waals surface area contributed by atoms with Gasteiger partial charge in [0.1, 0.15) is 17.2 Å². The molecule has 2 amide bonds. The van der Waals surface area contributed by atoms with Crippen molar-refractivity contribution in [3.8, 4) is 23.1 Å². The number of nitrogens with zero attached hydrogens (tertiary/aromatic N) is 2. The van der Waals surface area contributed by atoms with E-state index in [2.05, 4.69) is 16.8 Å². The number of halogens is 1. The molecule has 1 aromatic heterocycles. The molecule has 0 unspecified atom stereocenters. The van der Waals surface area contributed by atoms with E-state index in [-0.39, 0.29) is 23.9 Å². The molecule has 4 rings (SSSR count). The van der Waals surface area contributed by atoms with Crippen LogP contribution in [0.4, 0.5) is 4.39 Å². The Kier molecular flexibility index (Phi) is 5.96. The average Bonchev–Trinajstić information content (AvgIpc) is 2.99. The summed E-state index contributed by atoms with van der Waals surface area (Å²) in [6, 6.07) is 7.89. The Hall–Kier alpha value is -3.28. The van der Waals surface area contributed by atoms with Gasteiger partial charge in [-0.25, -0.2) is 9.37 Å². The average molecular weight is 437 g/mol. The molecule has 1 aromatic carbocycles. The van der Waals surface area contributed by atoms with Crippen molar-refractivity contribution in [3.63, 3.8) is 0 Å². The Morgan fingerprint density at radius 2 is 2.22 bits per heavy atom. The number of primary amides is 1. The number of hydrogen-bond acceptors (Lipinski definition) is 5. The molecule has 3 N–H and O–H groups in total. The first-order chi connectivity index (χ1) is 15.3. The van der Waals surface area contributed by atoms with Crippen molar-refractivity contribution in [2.75, 3.05) is 20.2 Å². The van der Waals surface area contributed by atoms with E-state index in [1.54, 1.807) is 31.3 Å². The van der Waals surface area contributed by atoms with Crippen molar-refractivity contribution in [2.24, 2.45) is 5.73 Å². The van der Waals surface area contributed by atoms with Gasteiger partial charge < -0.3 is 20.5 Å². The summed E-state index contributed by atoms with van der Waals surface area (Å²) < 4.78 is 20.3. The lowest BCUT2D eigenvalue weighted by molar-refractivity contribution is -0.137. The minimum absolute atomic E-state index is 0.0125. The molecule has 0 bridgehead atoms. The standard InChI is InChI=1S/C24H24FN3O4/c1-28-11-10-24(31,23(28)30)9-7-15-3-2-4-16(13-15)20-19(25)14-17(21(27-20)22(26)29)5-6-18-8-12-32-18/h2-4,13-14,18,31H,5-6,8,10-12H2,1H3,(H2,26,29)/t18-,24+/m1/s1. The minimum Gasteiger partial charge on any atom is -0.378 e. The third-order valence-corrected chi connectivity index (χ3v) is 5.88. The Bertz CT molecular complexity index is 1140. The lowest BCUT2D eigenvalue weighted by Gasteiger charge is -2.26. The second kappa shape index (κ2) is 8.69. The minimum atomic E-state index is -1.72. The second-order valence-electron chi connectivity index (χ2n) is 8.18. The number of benzene rings is 1. The zero-order chi connectivity index (χ0) is 22.9. The van der Waals surface area contributed by atoms with E-state index in [1.165, 1.54) is 11.0 Å². The molecule has 0 radical (unpaired) electrons. The third kappa shape index (κ3) is 4.35. The number of rotatable bonds is 5. The predicted octanol–water partition coefficient (Wildman–Crippen LogP) is 1.65. The number of aliphatic hydroxyl groups is 1. The molecule has 2 saturated heterocycles. The van der Waals surface area contributed by atoms with Crippen molar-refractivity contribution >= 4 is 11.8 Å². The van der Waals surface area contributed by atoms with Gasteiger partial charge in [0.05, 0.1) is 6.10 Å². The van der Waals surface area contributed by atoms with Gasteiger partial charge in [-0.15, -0.1) is 0 Å². The zero-order valence-corrected chi connectivity index (χ0v) is 17.7. The van der Waals surface area contributed by atoms with Crippen LogP contribution in [0.15, 0.2) is 30.3 Å². The lowest BCUT2D eigenvalue weighted by Crippen LogP contribution is -2.37. The number of hydrogen-bond donors (Lipinski definition) is 2. The molecule has 166 valence electrons. The molecule has 7 nitrogen and oxygen atoms in total. The number of carbonyl (C=O) groups is 2. The fourth-order valence-corrected chi connectivity index (χ4v) is 3.85. The van der Waals surface area contributed by atoms with Crippen molar-refractivity contribution in [2.45, 2.75) is 37.4 Å². The number of ether oxygens (including phenoxy) is 1. The summed E-state index contributed by atoms with van der Waals surface area (Å²) in [4.78, 5) is 29.7. The first-order valence-electron chi connectivity index (χ1n) is 10.5. The maximum Gasteiger partial charge on any atom is 0.267 e. The Labute approximate surface area is 185 Å². The molecule has 2 aliphatic heterocycles. The maximum atomic E-state index is 14.9. The maximum absolute atomic E-state index is 14.9. The fourth-order valence-electron chi connectivity index (χ4n) is 3.85. The molecule has 3 heterocycles. The molecular weight excluding hydrogens is 413 g/mol. The van der Waals surface area contributed by atoms with Crippen molar-refractivity contribution in [1.29, 1.82) is 0 Å². The Balaban J connectivity index is 1.62. The number of likely N-dealkylation sites (N-methyl/N-ethyl adjacent to an activating group) is 1. The van der Waals surface area contributed by atoms with E-state index in [1.807, 2.05) is 0 Å². The van der Waals surface area contributed by atoms with Crippen LogP contribution in [0.3, 0.4) is 0 Å². The molecule has 32 heavy (non-hydrogen) atoms. The van der Waals surface area contributed by atoms with E-state index in [9.17, 15) is 19.1 Å². The summed E-state index contributed by atoms with van der Waals surface area (Å²) in [5.74, 6) is 3.70. The number of nitrogens with two attached hydrogens (primary N) is 1. The molecule has 0 spiro atoms.